The first-order valence-corrected chi connectivity index (χ1v) is 9.29. The molecule has 5 heteroatoms. The molecule has 1 heterocycles. The van der Waals surface area contributed by atoms with E-state index < -0.39 is 0 Å². The van der Waals surface area contributed by atoms with Crippen LogP contribution >= 0.6 is 11.8 Å². The third kappa shape index (κ3) is 4.61. The maximum absolute atomic E-state index is 11.9. The number of aryl methyl sites for hydroxylation is 1. The van der Waals surface area contributed by atoms with E-state index in [0.29, 0.717) is 13.0 Å². The van der Waals surface area contributed by atoms with Gasteiger partial charge in [-0.1, -0.05) is 18.2 Å². The van der Waals surface area contributed by atoms with Gasteiger partial charge in [-0.15, -0.1) is 11.8 Å². The lowest BCUT2D eigenvalue weighted by molar-refractivity contribution is -0.120. The van der Waals surface area contributed by atoms with Gasteiger partial charge in [0.1, 0.15) is 0 Å². The highest BCUT2D eigenvalue weighted by atomic mass is 32.2. The van der Waals surface area contributed by atoms with Gasteiger partial charge in [-0.3, -0.25) is 9.48 Å². The van der Waals surface area contributed by atoms with Crippen molar-refractivity contribution >= 4 is 17.7 Å². The summed E-state index contributed by atoms with van der Waals surface area (Å²) >= 11 is 1.72. The number of nitrogens with zero attached hydrogens (tertiary/aromatic N) is 2. The lowest BCUT2D eigenvalue weighted by Crippen LogP contribution is -2.28. The molecule has 0 spiro atoms. The van der Waals surface area contributed by atoms with Crippen LogP contribution in [0.1, 0.15) is 30.5 Å². The van der Waals surface area contributed by atoms with E-state index in [4.69, 9.17) is 0 Å². The molecule has 1 aromatic heterocycles. The quantitative estimate of drug-likeness (QED) is 0.794. The van der Waals surface area contributed by atoms with Gasteiger partial charge in [-0.25, -0.2) is 0 Å². The van der Waals surface area contributed by atoms with E-state index in [1.807, 2.05) is 24.4 Å². The van der Waals surface area contributed by atoms with Crippen LogP contribution in [0.5, 0.6) is 0 Å². The van der Waals surface area contributed by atoms with E-state index >= 15 is 0 Å². The first kappa shape index (κ1) is 16.1. The first-order chi connectivity index (χ1) is 11.3. The minimum absolute atomic E-state index is 0.120. The Morgan fingerprint density at radius 2 is 2.04 bits per heavy atom. The van der Waals surface area contributed by atoms with E-state index in [-0.39, 0.29) is 5.91 Å². The van der Waals surface area contributed by atoms with Gasteiger partial charge in [0, 0.05) is 29.3 Å². The number of aromatic nitrogens is 2. The number of fused-ring (bicyclic) bond motifs is 1. The summed E-state index contributed by atoms with van der Waals surface area (Å²) in [5, 5.41) is 7.46. The number of carbonyl (C=O) groups excluding carboxylic acids is 1. The highest BCUT2D eigenvalue weighted by molar-refractivity contribution is 7.99. The van der Waals surface area contributed by atoms with Crippen LogP contribution in [0, 0.1) is 0 Å². The number of hydrogen-bond donors (Lipinski definition) is 1. The van der Waals surface area contributed by atoms with Gasteiger partial charge in [-0.05, 0) is 43.4 Å². The Kier molecular flexibility index (Phi) is 5.75. The fourth-order valence-electron chi connectivity index (χ4n) is 2.92. The number of rotatable bonds is 7. The standard InChI is InChI=1S/C18H23N3OS/c22-18(10-13-23-16-7-2-1-3-8-16)19-11-12-21-17-9-5-4-6-15(17)14-20-21/h1-3,7-8,14H,4-6,9-13H2,(H,19,22). The zero-order valence-electron chi connectivity index (χ0n) is 13.3. The molecule has 0 bridgehead atoms. The summed E-state index contributed by atoms with van der Waals surface area (Å²) in [6.07, 6.45) is 7.34. The largest absolute Gasteiger partial charge is 0.354 e. The Labute approximate surface area is 141 Å². The van der Waals surface area contributed by atoms with Gasteiger partial charge >= 0.3 is 0 Å². The Bertz CT molecular complexity index is 639. The minimum atomic E-state index is 0.120. The Balaban J connectivity index is 1.35. The number of hydrogen-bond acceptors (Lipinski definition) is 3. The molecule has 0 unspecified atom stereocenters. The van der Waals surface area contributed by atoms with Gasteiger partial charge in [0.15, 0.2) is 0 Å². The van der Waals surface area contributed by atoms with Gasteiger partial charge in [0.25, 0.3) is 0 Å². The van der Waals surface area contributed by atoms with Crippen molar-refractivity contribution in [3.8, 4) is 0 Å². The molecule has 1 amide bonds. The average molecular weight is 329 g/mol. The topological polar surface area (TPSA) is 46.9 Å². The molecule has 1 aromatic carbocycles. The molecule has 2 aromatic rings. The van der Waals surface area contributed by atoms with Crippen LogP contribution in [-0.2, 0) is 24.2 Å². The molecular weight excluding hydrogens is 306 g/mol. The Morgan fingerprint density at radius 1 is 1.22 bits per heavy atom. The second-order valence-corrected chi connectivity index (χ2v) is 6.98. The number of amides is 1. The van der Waals surface area contributed by atoms with Crippen LogP contribution in [0.2, 0.25) is 0 Å². The van der Waals surface area contributed by atoms with E-state index in [9.17, 15) is 4.79 Å². The predicted octanol–water partition coefficient (Wildman–Crippen LogP) is 3.06. The van der Waals surface area contributed by atoms with E-state index in [0.717, 1.165) is 25.1 Å². The molecule has 0 radical (unpaired) electrons. The van der Waals surface area contributed by atoms with Crippen LogP contribution in [-0.4, -0.2) is 28.0 Å². The number of nitrogens with one attached hydrogen (secondary N) is 1. The van der Waals surface area contributed by atoms with Crippen molar-refractivity contribution in [3.63, 3.8) is 0 Å². The zero-order valence-corrected chi connectivity index (χ0v) is 14.1. The smallest absolute Gasteiger partial charge is 0.220 e. The van der Waals surface area contributed by atoms with Crippen LogP contribution in [0.4, 0.5) is 0 Å². The molecule has 122 valence electrons. The fraction of sp³-hybridized carbons (Fsp3) is 0.444. The summed E-state index contributed by atoms with van der Waals surface area (Å²) in [6.45, 7) is 1.43. The highest BCUT2D eigenvalue weighted by Gasteiger charge is 2.14. The number of carbonyl (C=O) groups is 1. The Hall–Kier alpha value is -1.75. The lowest BCUT2D eigenvalue weighted by atomic mass is 9.98. The molecule has 23 heavy (non-hydrogen) atoms. The van der Waals surface area contributed by atoms with Crippen molar-refractivity contribution in [2.75, 3.05) is 12.3 Å². The van der Waals surface area contributed by atoms with Gasteiger partial charge in [0.2, 0.25) is 5.91 Å². The van der Waals surface area contributed by atoms with Gasteiger partial charge < -0.3 is 5.32 Å². The molecule has 1 aliphatic carbocycles. The monoisotopic (exact) mass is 329 g/mol. The maximum Gasteiger partial charge on any atom is 0.220 e. The summed E-state index contributed by atoms with van der Waals surface area (Å²) in [5.41, 5.74) is 2.76. The second kappa shape index (κ2) is 8.20. The lowest BCUT2D eigenvalue weighted by Gasteiger charge is -2.14. The maximum atomic E-state index is 11.9. The van der Waals surface area contributed by atoms with E-state index in [1.165, 1.54) is 29.0 Å². The molecular formula is C18H23N3OS. The van der Waals surface area contributed by atoms with E-state index in [2.05, 4.69) is 27.2 Å². The summed E-state index contributed by atoms with van der Waals surface area (Å²) in [7, 11) is 0. The third-order valence-electron chi connectivity index (χ3n) is 4.13. The van der Waals surface area contributed by atoms with Crippen molar-refractivity contribution in [1.82, 2.24) is 15.1 Å². The van der Waals surface area contributed by atoms with Crippen molar-refractivity contribution in [2.45, 2.75) is 43.5 Å². The SMILES string of the molecule is O=C(CCSc1ccccc1)NCCn1ncc2c1CCCC2. The van der Waals surface area contributed by atoms with E-state index in [1.54, 1.807) is 11.8 Å². The van der Waals surface area contributed by atoms with Crippen molar-refractivity contribution in [3.05, 3.63) is 47.8 Å². The van der Waals surface area contributed by atoms with Crippen molar-refractivity contribution < 1.29 is 4.79 Å². The zero-order chi connectivity index (χ0) is 15.9. The van der Waals surface area contributed by atoms with Crippen LogP contribution in [0.15, 0.2) is 41.4 Å². The summed E-state index contributed by atoms with van der Waals surface area (Å²) in [4.78, 5) is 13.1. The summed E-state index contributed by atoms with van der Waals surface area (Å²) in [6, 6.07) is 10.2. The molecule has 4 nitrogen and oxygen atoms in total. The van der Waals surface area contributed by atoms with Crippen LogP contribution in [0.3, 0.4) is 0 Å². The molecule has 0 fully saturated rings. The molecule has 0 aliphatic heterocycles. The molecule has 3 rings (SSSR count). The highest BCUT2D eigenvalue weighted by Crippen LogP contribution is 2.20. The normalized spacial score (nSPS) is 13.6. The van der Waals surface area contributed by atoms with Crippen molar-refractivity contribution in [1.29, 1.82) is 0 Å². The summed E-state index contributed by atoms with van der Waals surface area (Å²) in [5.74, 6) is 0.932. The summed E-state index contributed by atoms with van der Waals surface area (Å²) < 4.78 is 2.06. The first-order valence-electron chi connectivity index (χ1n) is 8.31. The molecule has 0 atom stereocenters. The molecule has 1 aliphatic rings. The third-order valence-corrected chi connectivity index (χ3v) is 5.15. The fourth-order valence-corrected chi connectivity index (χ4v) is 3.79. The van der Waals surface area contributed by atoms with Gasteiger partial charge in [-0.2, -0.15) is 5.10 Å². The number of benzene rings is 1. The van der Waals surface area contributed by atoms with Crippen molar-refractivity contribution in [2.24, 2.45) is 0 Å². The van der Waals surface area contributed by atoms with Crippen LogP contribution in [0.25, 0.3) is 0 Å². The molecule has 0 saturated heterocycles. The number of thioether (sulfide) groups is 1. The average Bonchev–Trinajstić information content (AvgIpc) is 2.99. The van der Waals surface area contributed by atoms with Gasteiger partial charge in [0.05, 0.1) is 12.7 Å². The minimum Gasteiger partial charge on any atom is -0.354 e. The predicted molar refractivity (Wildman–Crippen MR) is 93.7 cm³/mol. The Morgan fingerprint density at radius 3 is 2.91 bits per heavy atom. The van der Waals surface area contributed by atoms with Crippen LogP contribution < -0.4 is 5.32 Å². The second-order valence-electron chi connectivity index (χ2n) is 5.81. The molecule has 1 N–H and O–H groups in total. The molecule has 0 saturated carbocycles.